The zero-order chi connectivity index (χ0) is 19.9. The van der Waals surface area contributed by atoms with Crippen LogP contribution in [0.3, 0.4) is 0 Å². The molecular weight excluding hydrogens is 354 g/mol. The maximum atomic E-state index is 12.7. The summed E-state index contributed by atoms with van der Waals surface area (Å²) in [7, 11) is 1.82. The van der Waals surface area contributed by atoms with Gasteiger partial charge in [-0.05, 0) is 30.4 Å². The number of hydrogen-bond acceptors (Lipinski definition) is 4. The fraction of sp³-hybridized carbons (Fsp3) is 0.714. The van der Waals surface area contributed by atoms with E-state index < -0.39 is 0 Å². The summed E-state index contributed by atoms with van der Waals surface area (Å²) in [6, 6.07) is 3.90. The topological polar surface area (TPSA) is 64.3 Å². The Hall–Kier alpha value is -2.02. The quantitative estimate of drug-likeness (QED) is 0.611. The molecule has 7 heteroatoms. The number of aliphatic imine (C=N–C) groups is 1. The molecule has 0 bridgehead atoms. The number of hydrogen-bond donors (Lipinski definition) is 1. The Labute approximate surface area is 168 Å². The average Bonchev–Trinajstić information content (AvgIpc) is 3.19. The van der Waals surface area contributed by atoms with Crippen molar-refractivity contribution in [2.45, 2.75) is 26.7 Å². The third-order valence-corrected chi connectivity index (χ3v) is 5.70. The highest BCUT2D eigenvalue weighted by Gasteiger charge is 2.27. The molecule has 1 amide bonds. The summed E-state index contributed by atoms with van der Waals surface area (Å²) in [5.74, 6) is 3.41. The van der Waals surface area contributed by atoms with Gasteiger partial charge >= 0.3 is 0 Å². The van der Waals surface area contributed by atoms with Crippen LogP contribution in [0.4, 0.5) is 0 Å². The number of rotatable bonds is 5. The first kappa shape index (κ1) is 20.7. The number of nitrogens with zero attached hydrogens (tertiary/aromatic N) is 4. The van der Waals surface area contributed by atoms with Crippen LogP contribution in [0.25, 0.3) is 0 Å². The fourth-order valence-electron chi connectivity index (χ4n) is 4.36. The predicted molar refractivity (Wildman–Crippen MR) is 111 cm³/mol. The van der Waals surface area contributed by atoms with Gasteiger partial charge in [-0.15, -0.1) is 0 Å². The monoisotopic (exact) mass is 389 g/mol. The molecule has 2 atom stereocenters. The van der Waals surface area contributed by atoms with Crippen molar-refractivity contribution in [2.75, 3.05) is 59.4 Å². The summed E-state index contributed by atoms with van der Waals surface area (Å²) >= 11 is 0. The average molecular weight is 390 g/mol. The van der Waals surface area contributed by atoms with E-state index >= 15 is 0 Å². The summed E-state index contributed by atoms with van der Waals surface area (Å²) in [4.78, 5) is 23.7. The molecule has 1 aromatic heterocycles. The molecular formula is C21H35N5O2. The predicted octanol–water partition coefficient (Wildman–Crippen LogP) is 1.52. The molecule has 28 heavy (non-hydrogen) atoms. The molecule has 0 aromatic carbocycles. The molecule has 0 aliphatic carbocycles. The normalized spacial score (nSPS) is 24.5. The van der Waals surface area contributed by atoms with E-state index in [-0.39, 0.29) is 5.91 Å². The molecule has 0 spiro atoms. The van der Waals surface area contributed by atoms with Crippen molar-refractivity contribution in [3.63, 3.8) is 0 Å². The summed E-state index contributed by atoms with van der Waals surface area (Å²) in [6.45, 7) is 11.2. The van der Waals surface area contributed by atoms with E-state index in [9.17, 15) is 4.79 Å². The lowest BCUT2D eigenvalue weighted by Crippen LogP contribution is -2.55. The van der Waals surface area contributed by atoms with Crippen molar-refractivity contribution in [1.82, 2.24) is 20.0 Å². The first-order valence-corrected chi connectivity index (χ1v) is 10.5. The van der Waals surface area contributed by atoms with Crippen molar-refractivity contribution in [3.8, 4) is 0 Å². The van der Waals surface area contributed by atoms with Crippen molar-refractivity contribution in [3.05, 3.63) is 24.2 Å². The van der Waals surface area contributed by atoms with Crippen LogP contribution in [0.1, 0.15) is 26.0 Å². The van der Waals surface area contributed by atoms with Crippen molar-refractivity contribution in [1.29, 1.82) is 0 Å². The molecule has 2 unspecified atom stereocenters. The van der Waals surface area contributed by atoms with Gasteiger partial charge < -0.3 is 19.5 Å². The lowest BCUT2D eigenvalue weighted by molar-refractivity contribution is -0.135. The van der Waals surface area contributed by atoms with Gasteiger partial charge in [0.05, 0.1) is 12.8 Å². The van der Waals surface area contributed by atoms with E-state index in [2.05, 4.69) is 38.9 Å². The molecule has 3 rings (SSSR count). The van der Waals surface area contributed by atoms with Gasteiger partial charge in [0.2, 0.25) is 5.91 Å². The maximum absolute atomic E-state index is 12.7. The Kier molecular flexibility index (Phi) is 7.36. The molecule has 0 saturated carbocycles. The second kappa shape index (κ2) is 9.96. The zero-order valence-electron chi connectivity index (χ0n) is 17.6. The number of carbonyl (C=O) groups excluding carboxylic acids is 1. The number of piperazine rings is 1. The summed E-state index contributed by atoms with van der Waals surface area (Å²) < 4.78 is 5.37. The number of furan rings is 1. The molecule has 2 fully saturated rings. The van der Waals surface area contributed by atoms with E-state index in [1.54, 1.807) is 6.26 Å². The fourth-order valence-corrected chi connectivity index (χ4v) is 4.36. The molecule has 2 aliphatic heterocycles. The van der Waals surface area contributed by atoms with E-state index in [0.29, 0.717) is 18.4 Å². The van der Waals surface area contributed by atoms with E-state index in [4.69, 9.17) is 4.42 Å². The van der Waals surface area contributed by atoms with Gasteiger partial charge in [0.15, 0.2) is 5.96 Å². The highest BCUT2D eigenvalue weighted by molar-refractivity contribution is 5.80. The van der Waals surface area contributed by atoms with Gasteiger partial charge in [0.25, 0.3) is 0 Å². The van der Waals surface area contributed by atoms with Crippen molar-refractivity contribution >= 4 is 11.9 Å². The van der Waals surface area contributed by atoms with Gasteiger partial charge in [-0.1, -0.05) is 13.8 Å². The lowest BCUT2D eigenvalue weighted by Gasteiger charge is -2.39. The molecule has 3 heterocycles. The third-order valence-electron chi connectivity index (χ3n) is 5.70. The first-order valence-electron chi connectivity index (χ1n) is 10.5. The van der Waals surface area contributed by atoms with Crippen LogP contribution in [-0.4, -0.2) is 86.0 Å². The van der Waals surface area contributed by atoms with Crippen molar-refractivity contribution in [2.24, 2.45) is 16.8 Å². The number of carbonyl (C=O) groups is 1. The smallest absolute Gasteiger partial charge is 0.236 e. The third kappa shape index (κ3) is 5.74. The Morgan fingerprint density at radius 1 is 1.18 bits per heavy atom. The molecule has 0 radical (unpaired) electrons. The highest BCUT2D eigenvalue weighted by Crippen LogP contribution is 2.21. The van der Waals surface area contributed by atoms with Crippen LogP contribution in [0.5, 0.6) is 0 Å². The number of piperidine rings is 1. The second-order valence-corrected chi connectivity index (χ2v) is 8.31. The Balaban J connectivity index is 1.40. The number of amides is 1. The largest absolute Gasteiger partial charge is 0.469 e. The molecule has 1 N–H and O–H groups in total. The summed E-state index contributed by atoms with van der Waals surface area (Å²) in [5, 5.41) is 3.42. The van der Waals surface area contributed by atoms with Crippen LogP contribution in [0, 0.1) is 11.8 Å². The number of likely N-dealkylation sites (tertiary alicyclic amines) is 1. The van der Waals surface area contributed by atoms with E-state index in [0.717, 1.165) is 64.0 Å². The van der Waals surface area contributed by atoms with Gasteiger partial charge in [-0.25, -0.2) is 0 Å². The first-order chi connectivity index (χ1) is 13.5. The second-order valence-electron chi connectivity index (χ2n) is 8.31. The van der Waals surface area contributed by atoms with Crippen LogP contribution in [0.15, 0.2) is 27.8 Å². The van der Waals surface area contributed by atoms with Crippen LogP contribution < -0.4 is 5.32 Å². The van der Waals surface area contributed by atoms with Gasteiger partial charge in [-0.2, -0.15) is 0 Å². The molecule has 1 aromatic rings. The van der Waals surface area contributed by atoms with Crippen LogP contribution in [-0.2, 0) is 11.2 Å². The number of nitrogens with one attached hydrogen (secondary N) is 1. The van der Waals surface area contributed by atoms with E-state index in [1.165, 1.54) is 6.42 Å². The Morgan fingerprint density at radius 2 is 1.89 bits per heavy atom. The molecule has 2 aliphatic rings. The van der Waals surface area contributed by atoms with Gasteiger partial charge in [-0.3, -0.25) is 14.7 Å². The van der Waals surface area contributed by atoms with Crippen LogP contribution in [0.2, 0.25) is 0 Å². The van der Waals surface area contributed by atoms with Gasteiger partial charge in [0, 0.05) is 59.3 Å². The molecule has 2 saturated heterocycles. The van der Waals surface area contributed by atoms with Gasteiger partial charge in [0.1, 0.15) is 5.76 Å². The molecule has 156 valence electrons. The zero-order valence-corrected chi connectivity index (χ0v) is 17.6. The maximum Gasteiger partial charge on any atom is 0.236 e. The number of guanidine groups is 1. The lowest BCUT2D eigenvalue weighted by atomic mass is 9.92. The minimum absolute atomic E-state index is 0.285. The molecule has 7 nitrogen and oxygen atoms in total. The van der Waals surface area contributed by atoms with Crippen molar-refractivity contribution < 1.29 is 9.21 Å². The summed E-state index contributed by atoms with van der Waals surface area (Å²) in [6.07, 6.45) is 3.78. The minimum atomic E-state index is 0.285. The van der Waals surface area contributed by atoms with E-state index in [1.807, 2.05) is 19.2 Å². The Bertz CT molecular complexity index is 627. The summed E-state index contributed by atoms with van der Waals surface area (Å²) in [5.41, 5.74) is 0. The standard InChI is InChI=1S/C21H35N5O2/c1-17-13-18(2)15-26(14-17)20(27)16-24-8-10-25(11-9-24)21(22-3)23-7-6-19-5-4-12-28-19/h4-5,12,17-18H,6-11,13-16H2,1-3H3,(H,22,23). The highest BCUT2D eigenvalue weighted by atomic mass is 16.3. The van der Waals surface area contributed by atoms with Crippen LogP contribution >= 0.6 is 0 Å². The Morgan fingerprint density at radius 3 is 2.50 bits per heavy atom. The minimum Gasteiger partial charge on any atom is -0.469 e. The SMILES string of the molecule is CN=C(NCCc1ccco1)N1CCN(CC(=O)N2CC(C)CC(C)C2)CC1.